The first-order chi connectivity index (χ1) is 12.9. The molecule has 1 aliphatic rings. The summed E-state index contributed by atoms with van der Waals surface area (Å²) in [5.74, 6) is 1.09. The van der Waals surface area contributed by atoms with Crippen molar-refractivity contribution in [1.29, 1.82) is 0 Å². The number of hydrogen-bond acceptors (Lipinski definition) is 4. The maximum absolute atomic E-state index is 13.3. The van der Waals surface area contributed by atoms with Crippen LogP contribution in [0, 0.1) is 6.92 Å². The van der Waals surface area contributed by atoms with Gasteiger partial charge in [0.1, 0.15) is 10.7 Å². The summed E-state index contributed by atoms with van der Waals surface area (Å²) in [6.45, 7) is 7.25. The number of hydrogen-bond donors (Lipinski definition) is 0. The van der Waals surface area contributed by atoms with E-state index in [0.29, 0.717) is 24.6 Å². The number of fused-ring (bicyclic) bond motifs is 1. The van der Waals surface area contributed by atoms with Crippen LogP contribution >= 0.6 is 0 Å². The highest BCUT2D eigenvalue weighted by Gasteiger charge is 2.36. The van der Waals surface area contributed by atoms with Gasteiger partial charge in [0.15, 0.2) is 0 Å². The average molecular weight is 385 g/mol. The van der Waals surface area contributed by atoms with Crippen LogP contribution in [-0.4, -0.2) is 40.3 Å². The van der Waals surface area contributed by atoms with Crippen molar-refractivity contribution in [1.82, 2.24) is 18.8 Å². The second-order valence-electron chi connectivity index (χ2n) is 7.40. The highest BCUT2D eigenvalue weighted by molar-refractivity contribution is 7.89. The van der Waals surface area contributed by atoms with Crippen LogP contribution in [0.2, 0.25) is 0 Å². The number of aryl methyl sites for hydroxylation is 1. The van der Waals surface area contributed by atoms with Gasteiger partial charge in [-0.15, -0.1) is 0 Å². The Morgan fingerprint density at radius 2 is 1.93 bits per heavy atom. The molecule has 1 saturated heterocycles. The summed E-state index contributed by atoms with van der Waals surface area (Å²) < 4.78 is 30.4. The van der Waals surface area contributed by atoms with E-state index in [-0.39, 0.29) is 10.8 Å². The van der Waals surface area contributed by atoms with E-state index in [0.717, 1.165) is 23.3 Å². The number of benzene rings is 1. The van der Waals surface area contributed by atoms with Gasteiger partial charge >= 0.3 is 0 Å². The Morgan fingerprint density at radius 3 is 2.70 bits per heavy atom. The van der Waals surface area contributed by atoms with Crippen molar-refractivity contribution in [3.63, 3.8) is 0 Å². The van der Waals surface area contributed by atoms with Gasteiger partial charge in [-0.3, -0.25) is 4.98 Å². The number of sulfonamides is 1. The Balaban J connectivity index is 1.67. The SMILES string of the molecule is Cc1cnc(C2CCN(S(=O)(=O)c3cccc4cccnc34)C2)n1C(C)C. The summed E-state index contributed by atoms with van der Waals surface area (Å²) in [5.41, 5.74) is 1.64. The molecular weight excluding hydrogens is 360 g/mol. The molecule has 0 spiro atoms. The van der Waals surface area contributed by atoms with Crippen LogP contribution in [0.3, 0.4) is 0 Å². The second kappa shape index (κ2) is 6.73. The summed E-state index contributed by atoms with van der Waals surface area (Å²) in [5, 5.41) is 0.834. The van der Waals surface area contributed by atoms with Crippen LogP contribution in [0.4, 0.5) is 0 Å². The van der Waals surface area contributed by atoms with E-state index in [1.807, 2.05) is 31.3 Å². The van der Waals surface area contributed by atoms with Gasteiger partial charge in [0, 0.05) is 48.5 Å². The molecule has 0 saturated carbocycles. The van der Waals surface area contributed by atoms with Gasteiger partial charge in [0.2, 0.25) is 10.0 Å². The zero-order valence-electron chi connectivity index (χ0n) is 15.8. The first kappa shape index (κ1) is 18.1. The van der Waals surface area contributed by atoms with Crippen molar-refractivity contribution in [2.45, 2.75) is 44.0 Å². The molecule has 6 nitrogen and oxygen atoms in total. The van der Waals surface area contributed by atoms with Gasteiger partial charge in [-0.2, -0.15) is 4.31 Å². The molecule has 27 heavy (non-hydrogen) atoms. The van der Waals surface area contributed by atoms with Gasteiger partial charge in [-0.1, -0.05) is 18.2 Å². The number of aromatic nitrogens is 3. The highest BCUT2D eigenvalue weighted by Crippen LogP contribution is 2.33. The molecule has 1 aliphatic heterocycles. The molecule has 0 bridgehead atoms. The fourth-order valence-electron chi connectivity index (χ4n) is 4.02. The van der Waals surface area contributed by atoms with Crippen molar-refractivity contribution in [2.75, 3.05) is 13.1 Å². The van der Waals surface area contributed by atoms with E-state index in [4.69, 9.17) is 0 Å². The zero-order valence-corrected chi connectivity index (χ0v) is 16.6. The predicted octanol–water partition coefficient (Wildman–Crippen LogP) is 3.50. The summed E-state index contributed by atoms with van der Waals surface area (Å²) in [7, 11) is -3.60. The molecule has 3 heterocycles. The van der Waals surface area contributed by atoms with Crippen molar-refractivity contribution >= 4 is 20.9 Å². The number of para-hydroxylation sites is 1. The molecule has 0 aliphatic carbocycles. The molecule has 0 amide bonds. The Hall–Kier alpha value is -2.25. The lowest BCUT2D eigenvalue weighted by Gasteiger charge is -2.19. The lowest BCUT2D eigenvalue weighted by molar-refractivity contribution is 0.465. The number of pyridine rings is 1. The maximum Gasteiger partial charge on any atom is 0.245 e. The minimum Gasteiger partial charge on any atom is -0.330 e. The first-order valence-electron chi connectivity index (χ1n) is 9.27. The van der Waals surface area contributed by atoms with Crippen molar-refractivity contribution in [2.24, 2.45) is 0 Å². The van der Waals surface area contributed by atoms with E-state index in [9.17, 15) is 8.42 Å². The Labute approximate surface area is 159 Å². The van der Waals surface area contributed by atoms with Gasteiger partial charge in [0.05, 0.1) is 5.52 Å². The summed E-state index contributed by atoms with van der Waals surface area (Å²) in [6.07, 6.45) is 4.29. The van der Waals surface area contributed by atoms with Gasteiger partial charge in [-0.25, -0.2) is 13.4 Å². The molecule has 1 fully saturated rings. The van der Waals surface area contributed by atoms with Crippen LogP contribution in [0.5, 0.6) is 0 Å². The van der Waals surface area contributed by atoms with Gasteiger partial charge < -0.3 is 4.57 Å². The average Bonchev–Trinajstić information content (AvgIpc) is 3.28. The van der Waals surface area contributed by atoms with E-state index in [2.05, 4.69) is 28.4 Å². The summed E-state index contributed by atoms with van der Waals surface area (Å²) in [6, 6.07) is 9.32. The van der Waals surface area contributed by atoms with Crippen molar-refractivity contribution in [3.05, 3.63) is 54.2 Å². The predicted molar refractivity (Wildman–Crippen MR) is 105 cm³/mol. The minimum absolute atomic E-state index is 0.110. The second-order valence-corrected chi connectivity index (χ2v) is 9.31. The molecule has 7 heteroatoms. The van der Waals surface area contributed by atoms with Crippen LogP contribution in [-0.2, 0) is 10.0 Å². The lowest BCUT2D eigenvalue weighted by atomic mass is 10.1. The zero-order chi connectivity index (χ0) is 19.2. The lowest BCUT2D eigenvalue weighted by Crippen LogP contribution is -2.29. The van der Waals surface area contributed by atoms with E-state index >= 15 is 0 Å². The molecule has 142 valence electrons. The van der Waals surface area contributed by atoms with Gasteiger partial charge in [0.25, 0.3) is 0 Å². The molecule has 1 atom stereocenters. The summed E-state index contributed by atoms with van der Waals surface area (Å²) in [4.78, 5) is 9.18. The first-order valence-corrected chi connectivity index (χ1v) is 10.7. The maximum atomic E-state index is 13.3. The third kappa shape index (κ3) is 3.04. The van der Waals surface area contributed by atoms with E-state index < -0.39 is 10.0 Å². The Kier molecular flexibility index (Phi) is 4.52. The van der Waals surface area contributed by atoms with Crippen LogP contribution in [0.25, 0.3) is 10.9 Å². The largest absolute Gasteiger partial charge is 0.330 e. The fraction of sp³-hybridized carbons (Fsp3) is 0.400. The molecule has 2 aromatic heterocycles. The smallest absolute Gasteiger partial charge is 0.245 e. The van der Waals surface area contributed by atoms with Crippen molar-refractivity contribution < 1.29 is 8.42 Å². The van der Waals surface area contributed by atoms with E-state index in [1.165, 1.54) is 0 Å². The van der Waals surface area contributed by atoms with Crippen LogP contribution < -0.4 is 0 Å². The molecule has 4 rings (SSSR count). The van der Waals surface area contributed by atoms with E-state index in [1.54, 1.807) is 22.6 Å². The third-order valence-electron chi connectivity index (χ3n) is 5.26. The Bertz CT molecular complexity index is 1080. The highest BCUT2D eigenvalue weighted by atomic mass is 32.2. The Morgan fingerprint density at radius 1 is 1.15 bits per heavy atom. The van der Waals surface area contributed by atoms with Crippen LogP contribution in [0.1, 0.15) is 43.7 Å². The molecule has 1 aromatic carbocycles. The molecule has 0 radical (unpaired) electrons. The molecular formula is C20H24N4O2S. The van der Waals surface area contributed by atoms with Gasteiger partial charge in [-0.05, 0) is 39.3 Å². The molecule has 3 aromatic rings. The molecule has 0 N–H and O–H groups in total. The topological polar surface area (TPSA) is 68.1 Å². The standard InChI is InChI=1S/C20H24N4O2S/c1-14(2)24-15(3)12-22-20(24)17-9-11-23(13-17)27(25,26)18-8-4-6-16-7-5-10-21-19(16)18/h4-8,10,12,14,17H,9,11,13H2,1-3H3. The number of nitrogens with zero attached hydrogens (tertiary/aromatic N) is 4. The molecule has 1 unspecified atom stereocenters. The fourth-order valence-corrected chi connectivity index (χ4v) is 5.68. The minimum atomic E-state index is -3.60. The number of rotatable bonds is 4. The monoisotopic (exact) mass is 384 g/mol. The quantitative estimate of drug-likeness (QED) is 0.690. The third-order valence-corrected chi connectivity index (χ3v) is 7.15. The number of imidazole rings is 1. The van der Waals surface area contributed by atoms with Crippen molar-refractivity contribution in [3.8, 4) is 0 Å². The summed E-state index contributed by atoms with van der Waals surface area (Å²) >= 11 is 0. The van der Waals surface area contributed by atoms with Crippen LogP contribution in [0.15, 0.2) is 47.6 Å². The normalized spacial score (nSPS) is 18.6.